The van der Waals surface area contributed by atoms with Crippen molar-refractivity contribution in [2.24, 2.45) is 0 Å². The molecule has 0 aliphatic rings. The molecule has 0 atom stereocenters. The van der Waals surface area contributed by atoms with Crippen LogP contribution in [-0.4, -0.2) is 15.0 Å². The maximum atomic E-state index is 8.61. The Bertz CT molecular complexity index is 3300. The van der Waals surface area contributed by atoms with Gasteiger partial charge in [-0.05, 0) is 73.8 Å². The molecule has 228 valence electrons. The smallest absolute Gasteiger partial charge is 0.164 e. The summed E-state index contributed by atoms with van der Waals surface area (Å²) in [5.41, 5.74) is 2.87. The summed E-state index contributed by atoms with van der Waals surface area (Å²) in [6, 6.07) is 28.8. The average molecular weight is 636 g/mol. The van der Waals surface area contributed by atoms with E-state index in [0.717, 1.165) is 27.3 Å². The van der Waals surface area contributed by atoms with Gasteiger partial charge in [0, 0.05) is 27.5 Å². The minimum Gasteiger partial charge on any atom is -0.456 e. The third-order valence-electron chi connectivity index (χ3n) is 8.89. The molecule has 0 aliphatic carbocycles. The van der Waals surface area contributed by atoms with Gasteiger partial charge in [-0.15, -0.1) is 0 Å². The van der Waals surface area contributed by atoms with Crippen molar-refractivity contribution in [2.75, 3.05) is 0 Å². The van der Waals surface area contributed by atoms with Gasteiger partial charge in [0.2, 0.25) is 0 Å². The van der Waals surface area contributed by atoms with E-state index in [1.807, 2.05) is 18.2 Å². The molecule has 0 aliphatic heterocycles. The second kappa shape index (κ2) is 11.0. The van der Waals surface area contributed by atoms with Crippen LogP contribution in [0.4, 0.5) is 0 Å². The van der Waals surface area contributed by atoms with Gasteiger partial charge in [0.25, 0.3) is 0 Å². The van der Waals surface area contributed by atoms with Crippen molar-refractivity contribution < 1.29 is 18.1 Å². The van der Waals surface area contributed by atoms with Crippen molar-refractivity contribution in [1.29, 1.82) is 0 Å². The first-order valence-corrected chi connectivity index (χ1v) is 15.6. The van der Waals surface area contributed by atoms with Crippen LogP contribution < -0.4 is 0 Å². The second-order valence-corrected chi connectivity index (χ2v) is 11.7. The van der Waals surface area contributed by atoms with E-state index in [1.165, 1.54) is 26.9 Å². The summed E-state index contributed by atoms with van der Waals surface area (Å²) in [6.07, 6.45) is 0. The molecule has 4 heteroatoms. The quantitative estimate of drug-likeness (QED) is 0.181. The third-order valence-corrected chi connectivity index (χ3v) is 8.89. The Morgan fingerprint density at radius 3 is 1.39 bits per heavy atom. The molecule has 0 N–H and O–H groups in total. The maximum absolute atomic E-state index is 8.61. The molecule has 4 nitrogen and oxygen atoms in total. The highest BCUT2D eigenvalue weighted by atomic mass is 16.3. The molecule has 8 aromatic carbocycles. The molecular weight excluding hydrogens is 599 g/mol. The molecule has 0 bridgehead atoms. The van der Waals surface area contributed by atoms with E-state index in [4.69, 9.17) is 18.1 Å². The average Bonchev–Trinajstić information content (AvgIpc) is 3.63. The molecule has 0 radical (unpaired) electrons. The monoisotopic (exact) mass is 635 g/mol. The van der Waals surface area contributed by atoms with E-state index in [1.54, 1.807) is 12.1 Å². The molecule has 0 unspecified atom stereocenters. The molecule has 49 heavy (non-hydrogen) atoms. The van der Waals surface area contributed by atoms with E-state index in [-0.39, 0.29) is 28.6 Å². The maximum Gasteiger partial charge on any atom is 0.164 e. The normalized spacial score (nSPS) is 14.5. The summed E-state index contributed by atoms with van der Waals surface area (Å²) in [5, 5.41) is 8.76. The first-order chi connectivity index (χ1) is 28.4. The zero-order valence-corrected chi connectivity index (χ0v) is 25.6. The van der Waals surface area contributed by atoms with Gasteiger partial charge in [0.15, 0.2) is 17.5 Å². The van der Waals surface area contributed by atoms with Crippen LogP contribution in [0.25, 0.3) is 99.5 Å². The van der Waals surface area contributed by atoms with Crippen molar-refractivity contribution in [2.45, 2.75) is 0 Å². The Morgan fingerprint density at radius 1 is 0.347 bits per heavy atom. The van der Waals surface area contributed by atoms with E-state index < -0.39 is 60.4 Å². The molecule has 0 spiro atoms. The van der Waals surface area contributed by atoms with Gasteiger partial charge in [-0.1, -0.05) is 133 Å². The first kappa shape index (κ1) is 19.2. The van der Waals surface area contributed by atoms with Crippen molar-refractivity contribution in [3.63, 3.8) is 0 Å². The van der Waals surface area contributed by atoms with Gasteiger partial charge >= 0.3 is 0 Å². The Labute approximate surface area is 296 Å². The van der Waals surface area contributed by atoms with Crippen molar-refractivity contribution in [3.05, 3.63) is 164 Å². The molecule has 0 fully saturated rings. The minimum atomic E-state index is -0.610. The predicted octanol–water partition coefficient (Wildman–Crippen LogP) is 11.9. The standard InChI is InChI=1S/C45H27N3O/c1-3-11-28(12-4-1)43-46-44(29-13-5-2-6-14-29)48-45(47-43)32-20-23-38-40-26-31(21-24-41(40)49-42(38)27-32)30-19-22-37-35-17-8-7-15-33(35)34-16-9-10-18-36(34)39(37)25-30/h1-27H/i1D,2D,3D,4D,5D,6D,11D,12D,13D,14D. The highest BCUT2D eigenvalue weighted by molar-refractivity contribution is 6.25. The van der Waals surface area contributed by atoms with E-state index >= 15 is 0 Å². The fraction of sp³-hybridized carbons (Fsp3) is 0. The lowest BCUT2D eigenvalue weighted by Gasteiger charge is -2.12. The minimum absolute atomic E-state index is 0.0393. The molecule has 2 heterocycles. The number of rotatable bonds is 4. The Hall–Kier alpha value is -6.65. The fourth-order valence-corrected chi connectivity index (χ4v) is 6.64. The second-order valence-electron chi connectivity index (χ2n) is 11.7. The lowest BCUT2D eigenvalue weighted by atomic mass is 9.92. The summed E-state index contributed by atoms with van der Waals surface area (Å²) >= 11 is 0. The predicted molar refractivity (Wildman–Crippen MR) is 201 cm³/mol. The summed E-state index contributed by atoms with van der Waals surface area (Å²) in [6.45, 7) is 0. The highest BCUT2D eigenvalue weighted by Gasteiger charge is 2.16. The molecule has 10 rings (SSSR count). The summed E-state index contributed by atoms with van der Waals surface area (Å²) in [5.74, 6) is -0.707. The Kier molecular flexibility index (Phi) is 4.31. The van der Waals surface area contributed by atoms with Crippen LogP contribution in [0.15, 0.2) is 168 Å². The summed E-state index contributed by atoms with van der Waals surface area (Å²) < 4.78 is 90.0. The van der Waals surface area contributed by atoms with Gasteiger partial charge in [-0.2, -0.15) is 0 Å². The fourth-order valence-electron chi connectivity index (χ4n) is 6.64. The zero-order valence-electron chi connectivity index (χ0n) is 35.6. The van der Waals surface area contributed by atoms with Crippen LogP contribution in [-0.2, 0) is 0 Å². The van der Waals surface area contributed by atoms with Crippen LogP contribution in [0.1, 0.15) is 13.7 Å². The summed E-state index contributed by atoms with van der Waals surface area (Å²) in [4.78, 5) is 13.5. The highest BCUT2D eigenvalue weighted by Crippen LogP contribution is 2.39. The summed E-state index contributed by atoms with van der Waals surface area (Å²) in [7, 11) is 0. The lowest BCUT2D eigenvalue weighted by molar-refractivity contribution is 0.669. The number of nitrogens with zero attached hydrogens (tertiary/aromatic N) is 3. The molecular formula is C45H27N3O. The van der Waals surface area contributed by atoms with Crippen molar-refractivity contribution in [3.8, 4) is 45.3 Å². The van der Waals surface area contributed by atoms with Gasteiger partial charge in [-0.3, -0.25) is 0 Å². The Morgan fingerprint density at radius 2 is 0.796 bits per heavy atom. The van der Waals surface area contributed by atoms with Gasteiger partial charge in [0.1, 0.15) is 11.2 Å². The van der Waals surface area contributed by atoms with Crippen LogP contribution in [0.3, 0.4) is 0 Å². The van der Waals surface area contributed by atoms with Crippen LogP contribution in [0.2, 0.25) is 0 Å². The first-order valence-electron chi connectivity index (χ1n) is 20.6. The van der Waals surface area contributed by atoms with Gasteiger partial charge in [0.05, 0.1) is 13.7 Å². The van der Waals surface area contributed by atoms with E-state index in [2.05, 4.69) is 87.7 Å². The van der Waals surface area contributed by atoms with Crippen molar-refractivity contribution in [1.82, 2.24) is 15.0 Å². The number of furan rings is 1. The molecule has 2 aromatic heterocycles. The number of fused-ring (bicyclic) bond motifs is 9. The number of benzene rings is 8. The SMILES string of the molecule is [2H]c1c([2H])c([2H])c(-c2nc(-c3ccc4c(c3)oc3ccc(-c5ccc6c7ccccc7c7ccccc7c6c5)cc34)nc(-c3c([2H])c([2H])c([2H])c([2H])c3[2H])n2)c([2H])c1[2H]. The van der Waals surface area contributed by atoms with Crippen molar-refractivity contribution >= 4 is 54.3 Å². The van der Waals surface area contributed by atoms with Crippen LogP contribution >= 0.6 is 0 Å². The van der Waals surface area contributed by atoms with Gasteiger partial charge in [-0.25, -0.2) is 15.0 Å². The molecule has 10 aromatic rings. The Balaban J connectivity index is 1.14. The van der Waals surface area contributed by atoms with E-state index in [9.17, 15) is 0 Å². The van der Waals surface area contributed by atoms with Gasteiger partial charge < -0.3 is 4.42 Å². The third kappa shape index (κ3) is 4.57. The molecule has 0 saturated carbocycles. The topological polar surface area (TPSA) is 51.8 Å². The lowest BCUT2D eigenvalue weighted by Crippen LogP contribution is -2.00. The largest absolute Gasteiger partial charge is 0.456 e. The number of hydrogen-bond donors (Lipinski definition) is 0. The number of aromatic nitrogens is 3. The molecule has 0 amide bonds. The van der Waals surface area contributed by atoms with E-state index in [0.29, 0.717) is 16.7 Å². The zero-order chi connectivity index (χ0) is 41.0. The van der Waals surface area contributed by atoms with Crippen LogP contribution in [0.5, 0.6) is 0 Å². The number of hydrogen-bond acceptors (Lipinski definition) is 4. The molecule has 0 saturated heterocycles. The van der Waals surface area contributed by atoms with Crippen LogP contribution in [0, 0.1) is 0 Å².